The Kier molecular flexibility index (Phi) is 5.19. The molecular formula is C24H25N3O2. The van der Waals surface area contributed by atoms with E-state index in [1.807, 2.05) is 36.1 Å². The first-order valence-electron chi connectivity index (χ1n) is 10.3. The molecule has 5 nitrogen and oxygen atoms in total. The van der Waals surface area contributed by atoms with E-state index < -0.39 is 0 Å². The summed E-state index contributed by atoms with van der Waals surface area (Å²) >= 11 is 0. The minimum absolute atomic E-state index is 0.0692. The molecule has 2 fully saturated rings. The van der Waals surface area contributed by atoms with Crippen LogP contribution in [0.25, 0.3) is 0 Å². The van der Waals surface area contributed by atoms with E-state index >= 15 is 0 Å². The number of benzene rings is 1. The second-order valence-electron chi connectivity index (χ2n) is 8.40. The van der Waals surface area contributed by atoms with Crippen LogP contribution in [0.5, 0.6) is 0 Å². The van der Waals surface area contributed by atoms with Crippen molar-refractivity contribution < 1.29 is 9.59 Å². The first-order valence-corrected chi connectivity index (χ1v) is 10.3. The standard InChI is InChI=1S/C24H25N3O2/c1-17-5-2-9-21(26-17)22(28)14-18-7-4-10-24(15-18)11-12-27(23(24)29)20-8-3-6-19(13-20)16-25/h2-3,5-6,8-9,13,18H,4,7,10-12,14-15H2,1H3/t18-,24+/m1/s1. The highest BCUT2D eigenvalue weighted by molar-refractivity contribution is 6.00. The largest absolute Gasteiger partial charge is 0.312 e. The van der Waals surface area contributed by atoms with Crippen molar-refractivity contribution in [3.05, 3.63) is 59.4 Å². The fraction of sp³-hybridized carbons (Fsp3) is 0.417. The Morgan fingerprint density at radius 3 is 2.90 bits per heavy atom. The lowest BCUT2D eigenvalue weighted by Gasteiger charge is -2.36. The normalized spacial score (nSPS) is 23.9. The molecule has 2 aliphatic rings. The SMILES string of the molecule is Cc1cccc(C(=O)C[C@H]2CCC[C@]3(CCN(c4cccc(C#N)c4)C3=O)C2)n1. The molecule has 5 heteroatoms. The molecule has 0 radical (unpaired) electrons. The third-order valence-corrected chi connectivity index (χ3v) is 6.39. The van der Waals surface area contributed by atoms with E-state index in [0.29, 0.717) is 24.2 Å². The number of pyridine rings is 1. The number of anilines is 1. The molecule has 0 bridgehead atoms. The molecule has 1 aliphatic carbocycles. The van der Waals surface area contributed by atoms with Gasteiger partial charge in [-0.2, -0.15) is 5.26 Å². The molecule has 1 saturated carbocycles. The average Bonchev–Trinajstić information content (AvgIpc) is 3.03. The smallest absolute Gasteiger partial charge is 0.233 e. The molecule has 148 valence electrons. The van der Waals surface area contributed by atoms with Crippen molar-refractivity contribution in [2.45, 2.75) is 45.4 Å². The van der Waals surface area contributed by atoms with Gasteiger partial charge in [-0.1, -0.05) is 18.6 Å². The highest BCUT2D eigenvalue weighted by Crippen LogP contribution is 2.48. The third kappa shape index (κ3) is 3.80. The van der Waals surface area contributed by atoms with E-state index in [-0.39, 0.29) is 23.0 Å². The number of amides is 1. The Morgan fingerprint density at radius 2 is 2.10 bits per heavy atom. The number of hydrogen-bond donors (Lipinski definition) is 0. The predicted molar refractivity (Wildman–Crippen MR) is 110 cm³/mol. The third-order valence-electron chi connectivity index (χ3n) is 6.39. The number of rotatable bonds is 4. The Labute approximate surface area is 171 Å². The molecule has 1 aliphatic heterocycles. The van der Waals surface area contributed by atoms with Crippen molar-refractivity contribution in [2.24, 2.45) is 11.3 Å². The van der Waals surface area contributed by atoms with E-state index in [0.717, 1.165) is 43.5 Å². The molecule has 2 atom stereocenters. The lowest BCUT2D eigenvalue weighted by Crippen LogP contribution is -2.38. The molecule has 1 amide bonds. The molecule has 0 N–H and O–H groups in total. The van der Waals surface area contributed by atoms with Crippen LogP contribution in [-0.2, 0) is 4.79 Å². The van der Waals surface area contributed by atoms with Crippen LogP contribution in [-0.4, -0.2) is 23.2 Å². The lowest BCUT2D eigenvalue weighted by molar-refractivity contribution is -0.128. The molecule has 2 aromatic rings. The number of carbonyl (C=O) groups is 2. The maximum atomic E-state index is 13.4. The van der Waals surface area contributed by atoms with Gasteiger partial charge in [0.25, 0.3) is 0 Å². The topological polar surface area (TPSA) is 74.1 Å². The molecule has 1 saturated heterocycles. The summed E-state index contributed by atoms with van der Waals surface area (Å²) in [5.74, 6) is 0.436. The second-order valence-corrected chi connectivity index (χ2v) is 8.40. The number of aromatic nitrogens is 1. The van der Waals surface area contributed by atoms with E-state index in [4.69, 9.17) is 5.26 Å². The van der Waals surface area contributed by atoms with Crippen LogP contribution in [0.1, 0.15) is 60.3 Å². The molecule has 1 spiro atoms. The lowest BCUT2D eigenvalue weighted by atomic mass is 9.67. The van der Waals surface area contributed by atoms with Gasteiger partial charge in [-0.25, -0.2) is 0 Å². The molecular weight excluding hydrogens is 362 g/mol. The maximum absolute atomic E-state index is 13.4. The number of carbonyl (C=O) groups excluding carboxylic acids is 2. The summed E-state index contributed by atoms with van der Waals surface area (Å²) in [6, 6.07) is 14.9. The van der Waals surface area contributed by atoms with Crippen molar-refractivity contribution in [3.8, 4) is 6.07 Å². The monoisotopic (exact) mass is 387 g/mol. The zero-order chi connectivity index (χ0) is 20.4. The van der Waals surface area contributed by atoms with Crippen LogP contribution in [0.2, 0.25) is 0 Å². The summed E-state index contributed by atoms with van der Waals surface area (Å²) < 4.78 is 0. The van der Waals surface area contributed by atoms with E-state index in [9.17, 15) is 9.59 Å². The van der Waals surface area contributed by atoms with Crippen molar-refractivity contribution in [2.75, 3.05) is 11.4 Å². The highest BCUT2D eigenvalue weighted by atomic mass is 16.2. The number of nitriles is 1. The van der Waals surface area contributed by atoms with Crippen LogP contribution in [0, 0.1) is 29.6 Å². The number of ketones is 1. The van der Waals surface area contributed by atoms with Crippen molar-refractivity contribution in [1.29, 1.82) is 5.26 Å². The van der Waals surface area contributed by atoms with Gasteiger partial charge in [-0.3, -0.25) is 14.6 Å². The fourth-order valence-electron chi connectivity index (χ4n) is 4.96. The van der Waals surface area contributed by atoms with Crippen molar-refractivity contribution in [1.82, 2.24) is 4.98 Å². The van der Waals surface area contributed by atoms with E-state index in [1.165, 1.54) is 0 Å². The molecule has 29 heavy (non-hydrogen) atoms. The summed E-state index contributed by atoms with van der Waals surface area (Å²) in [6.45, 7) is 2.56. The van der Waals surface area contributed by atoms with E-state index in [2.05, 4.69) is 11.1 Å². The Bertz CT molecular complexity index is 994. The molecule has 0 unspecified atom stereocenters. The average molecular weight is 387 g/mol. The minimum Gasteiger partial charge on any atom is -0.312 e. The first-order chi connectivity index (χ1) is 14.0. The number of Topliss-reactive ketones (excluding diaryl/α,β-unsaturated/α-hetero) is 1. The van der Waals surface area contributed by atoms with Gasteiger partial charge in [0.15, 0.2) is 5.78 Å². The van der Waals surface area contributed by atoms with Crippen molar-refractivity contribution >= 4 is 17.4 Å². The van der Waals surface area contributed by atoms with Crippen molar-refractivity contribution in [3.63, 3.8) is 0 Å². The zero-order valence-corrected chi connectivity index (χ0v) is 16.7. The molecule has 1 aromatic heterocycles. The first kappa shape index (κ1) is 19.3. The molecule has 2 heterocycles. The van der Waals surface area contributed by atoms with Gasteiger partial charge in [0.05, 0.1) is 17.0 Å². The minimum atomic E-state index is -0.369. The molecule has 4 rings (SSSR count). The van der Waals surface area contributed by atoms with Gasteiger partial charge in [-0.05, 0) is 68.9 Å². The number of hydrogen-bond acceptors (Lipinski definition) is 4. The zero-order valence-electron chi connectivity index (χ0n) is 16.7. The summed E-state index contributed by atoms with van der Waals surface area (Å²) in [5.41, 5.74) is 2.36. The Balaban J connectivity index is 1.48. The van der Waals surface area contributed by atoms with Crippen LogP contribution < -0.4 is 4.90 Å². The van der Waals surface area contributed by atoms with Crippen LogP contribution >= 0.6 is 0 Å². The fourth-order valence-corrected chi connectivity index (χ4v) is 4.96. The Morgan fingerprint density at radius 1 is 1.28 bits per heavy atom. The summed E-state index contributed by atoms with van der Waals surface area (Å²) in [6.07, 6.45) is 4.87. The predicted octanol–water partition coefficient (Wildman–Crippen LogP) is 4.45. The van der Waals surface area contributed by atoms with Crippen LogP contribution in [0.15, 0.2) is 42.5 Å². The quantitative estimate of drug-likeness (QED) is 0.727. The van der Waals surface area contributed by atoms with Gasteiger partial charge in [0.1, 0.15) is 5.69 Å². The van der Waals surface area contributed by atoms with Crippen LogP contribution in [0.3, 0.4) is 0 Å². The second kappa shape index (κ2) is 7.79. The summed E-state index contributed by atoms with van der Waals surface area (Å²) in [5, 5.41) is 9.15. The van der Waals surface area contributed by atoms with Gasteiger partial charge in [0.2, 0.25) is 5.91 Å². The van der Waals surface area contributed by atoms with Gasteiger partial charge in [0, 0.05) is 24.3 Å². The van der Waals surface area contributed by atoms with Gasteiger partial charge >= 0.3 is 0 Å². The summed E-state index contributed by atoms with van der Waals surface area (Å²) in [7, 11) is 0. The number of nitrogens with zero attached hydrogens (tertiary/aromatic N) is 3. The van der Waals surface area contributed by atoms with Gasteiger partial charge < -0.3 is 4.90 Å². The van der Waals surface area contributed by atoms with E-state index in [1.54, 1.807) is 18.2 Å². The number of aryl methyl sites for hydroxylation is 1. The molecule has 1 aromatic carbocycles. The van der Waals surface area contributed by atoms with Crippen LogP contribution in [0.4, 0.5) is 5.69 Å². The maximum Gasteiger partial charge on any atom is 0.233 e. The highest BCUT2D eigenvalue weighted by Gasteiger charge is 2.49. The summed E-state index contributed by atoms with van der Waals surface area (Å²) in [4.78, 5) is 32.3. The van der Waals surface area contributed by atoms with Gasteiger partial charge in [-0.15, -0.1) is 0 Å². The Hall–Kier alpha value is -3.00.